The lowest BCUT2D eigenvalue weighted by molar-refractivity contribution is -0.141. The van der Waals surface area contributed by atoms with Gasteiger partial charge in [-0.2, -0.15) is 0 Å². The highest BCUT2D eigenvalue weighted by Crippen LogP contribution is 2.36. The Hall–Kier alpha value is -2.67. The van der Waals surface area contributed by atoms with Gasteiger partial charge in [0.1, 0.15) is 12.1 Å². The quantitative estimate of drug-likeness (QED) is 0.539. The minimum absolute atomic E-state index is 0.0331. The van der Waals surface area contributed by atoms with Crippen molar-refractivity contribution in [3.63, 3.8) is 0 Å². The maximum Gasteiger partial charge on any atom is 0.250 e. The number of benzene rings is 1. The molecule has 0 spiro atoms. The highest BCUT2D eigenvalue weighted by atomic mass is 16.2. The Kier molecular flexibility index (Phi) is 7.71. The SMILES string of the molecule is CN[C@@H](C)C(=O)N[C@H](C(=O)N1CCC[C@H]1C(=O)N[C@H]1c2ccccc2C[C@H]1C)C1=CCCCC1. The molecule has 7 nitrogen and oxygen atoms in total. The van der Waals surface area contributed by atoms with Gasteiger partial charge >= 0.3 is 0 Å². The molecule has 1 aromatic rings. The van der Waals surface area contributed by atoms with Crippen LogP contribution < -0.4 is 16.0 Å². The average Bonchev–Trinajstić information content (AvgIpc) is 3.47. The third-order valence-corrected chi connectivity index (χ3v) is 7.69. The summed E-state index contributed by atoms with van der Waals surface area (Å²) in [5, 5.41) is 9.17. The third-order valence-electron chi connectivity index (χ3n) is 7.69. The van der Waals surface area contributed by atoms with E-state index in [0.29, 0.717) is 18.9 Å². The summed E-state index contributed by atoms with van der Waals surface area (Å²) in [5.74, 6) is -0.147. The van der Waals surface area contributed by atoms with Gasteiger partial charge < -0.3 is 20.9 Å². The van der Waals surface area contributed by atoms with Gasteiger partial charge in [0.2, 0.25) is 17.7 Å². The predicted octanol–water partition coefficient (Wildman–Crippen LogP) is 2.62. The number of carbonyl (C=O) groups is 3. The fraction of sp³-hybridized carbons (Fsp3) is 0.593. The molecule has 0 unspecified atom stereocenters. The van der Waals surface area contributed by atoms with Crippen molar-refractivity contribution in [1.29, 1.82) is 0 Å². The van der Waals surface area contributed by atoms with E-state index in [-0.39, 0.29) is 23.8 Å². The number of nitrogens with one attached hydrogen (secondary N) is 3. The van der Waals surface area contributed by atoms with Crippen LogP contribution in [0.1, 0.15) is 69.5 Å². The molecule has 34 heavy (non-hydrogen) atoms. The summed E-state index contributed by atoms with van der Waals surface area (Å²) in [6.45, 7) is 4.47. The van der Waals surface area contributed by atoms with Gasteiger partial charge in [0.25, 0.3) is 0 Å². The second-order valence-electron chi connectivity index (χ2n) is 10.0. The summed E-state index contributed by atoms with van der Waals surface area (Å²) in [7, 11) is 1.73. The number of fused-ring (bicyclic) bond motifs is 1. The molecule has 4 rings (SSSR count). The number of carbonyl (C=O) groups excluding carboxylic acids is 3. The van der Waals surface area contributed by atoms with Crippen molar-refractivity contribution >= 4 is 17.7 Å². The number of allylic oxidation sites excluding steroid dienone is 1. The maximum atomic E-state index is 13.8. The molecule has 2 aliphatic carbocycles. The van der Waals surface area contributed by atoms with Crippen molar-refractivity contribution in [2.24, 2.45) is 5.92 Å². The number of rotatable bonds is 7. The molecule has 7 heteroatoms. The molecule has 1 heterocycles. The van der Waals surface area contributed by atoms with E-state index in [2.05, 4.69) is 41.1 Å². The lowest BCUT2D eigenvalue weighted by Gasteiger charge is -2.32. The van der Waals surface area contributed by atoms with Crippen LogP contribution in [0.5, 0.6) is 0 Å². The number of amides is 3. The van der Waals surface area contributed by atoms with E-state index >= 15 is 0 Å². The summed E-state index contributed by atoms with van der Waals surface area (Å²) in [5.41, 5.74) is 3.43. The van der Waals surface area contributed by atoms with Crippen LogP contribution in [-0.4, -0.2) is 54.3 Å². The van der Waals surface area contributed by atoms with Gasteiger partial charge in [-0.15, -0.1) is 0 Å². The molecule has 0 radical (unpaired) electrons. The van der Waals surface area contributed by atoms with Crippen molar-refractivity contribution in [1.82, 2.24) is 20.9 Å². The molecule has 3 amide bonds. The maximum absolute atomic E-state index is 13.8. The van der Waals surface area contributed by atoms with E-state index in [4.69, 9.17) is 0 Å². The summed E-state index contributed by atoms with van der Waals surface area (Å²) in [4.78, 5) is 41.6. The van der Waals surface area contributed by atoms with Crippen molar-refractivity contribution in [2.45, 2.75) is 83.0 Å². The number of likely N-dealkylation sites (tertiary alicyclic amines) is 1. The highest BCUT2D eigenvalue weighted by Gasteiger charge is 2.41. The number of likely N-dealkylation sites (N-methyl/N-ethyl adjacent to an activating group) is 1. The van der Waals surface area contributed by atoms with Crippen LogP contribution in [0.4, 0.5) is 0 Å². The van der Waals surface area contributed by atoms with E-state index in [9.17, 15) is 14.4 Å². The summed E-state index contributed by atoms with van der Waals surface area (Å²) < 4.78 is 0. The molecule has 0 aromatic heterocycles. The Bertz CT molecular complexity index is 959. The largest absolute Gasteiger partial charge is 0.347 e. The number of hydrogen-bond acceptors (Lipinski definition) is 4. The fourth-order valence-corrected chi connectivity index (χ4v) is 5.57. The lowest BCUT2D eigenvalue weighted by atomic mass is 9.92. The highest BCUT2D eigenvalue weighted by molar-refractivity contribution is 5.95. The van der Waals surface area contributed by atoms with Gasteiger partial charge in [-0.25, -0.2) is 0 Å². The second-order valence-corrected chi connectivity index (χ2v) is 10.0. The standard InChI is InChI=1S/C27H38N4O3/c1-17-16-20-12-7-8-13-21(20)23(17)29-26(33)22-14-9-15-31(22)27(34)24(19-10-5-4-6-11-19)30-25(32)18(2)28-3/h7-8,10,12-13,17-18,22-24,28H,4-6,9,11,14-16H2,1-3H3,(H,29,33)(H,30,32)/t17-,18+,22+,23-,24+/m1/s1. The molecule has 0 bridgehead atoms. The number of nitrogens with zero attached hydrogens (tertiary/aromatic N) is 1. The molecule has 5 atom stereocenters. The molecule has 184 valence electrons. The molecule has 1 aromatic carbocycles. The smallest absolute Gasteiger partial charge is 0.250 e. The van der Waals surface area contributed by atoms with Gasteiger partial charge in [-0.1, -0.05) is 37.3 Å². The van der Waals surface area contributed by atoms with E-state index in [1.165, 1.54) is 11.1 Å². The first-order valence-corrected chi connectivity index (χ1v) is 12.8. The van der Waals surface area contributed by atoms with Crippen molar-refractivity contribution in [3.05, 3.63) is 47.0 Å². The first kappa shape index (κ1) is 24.5. The van der Waals surface area contributed by atoms with Crippen LogP contribution in [0.15, 0.2) is 35.9 Å². The van der Waals surface area contributed by atoms with Crippen LogP contribution in [0, 0.1) is 5.92 Å². The van der Waals surface area contributed by atoms with Crippen LogP contribution in [0.2, 0.25) is 0 Å². The normalized spacial score (nSPS) is 25.8. The zero-order valence-electron chi connectivity index (χ0n) is 20.6. The zero-order chi connectivity index (χ0) is 24.2. The van der Waals surface area contributed by atoms with Crippen LogP contribution in [-0.2, 0) is 20.8 Å². The molecule has 0 saturated carbocycles. The molecule has 1 saturated heterocycles. The average molecular weight is 467 g/mol. The number of hydrogen-bond donors (Lipinski definition) is 3. The predicted molar refractivity (Wildman–Crippen MR) is 132 cm³/mol. The Morgan fingerprint density at radius 2 is 1.91 bits per heavy atom. The molecule has 1 aliphatic heterocycles. The van der Waals surface area contributed by atoms with Gasteiger partial charge in [-0.3, -0.25) is 14.4 Å². The van der Waals surface area contributed by atoms with Crippen molar-refractivity contribution in [2.75, 3.05) is 13.6 Å². The summed E-state index contributed by atoms with van der Waals surface area (Å²) in [6, 6.07) is 6.62. The van der Waals surface area contributed by atoms with Gasteiger partial charge in [-0.05, 0) is 81.5 Å². The molecular weight excluding hydrogens is 428 g/mol. The Morgan fingerprint density at radius 1 is 1.12 bits per heavy atom. The first-order valence-electron chi connectivity index (χ1n) is 12.8. The van der Waals surface area contributed by atoms with Crippen molar-refractivity contribution in [3.8, 4) is 0 Å². The van der Waals surface area contributed by atoms with Crippen LogP contribution in [0.3, 0.4) is 0 Å². The van der Waals surface area contributed by atoms with E-state index in [0.717, 1.165) is 44.1 Å². The Labute approximate surface area is 202 Å². The van der Waals surface area contributed by atoms with E-state index in [1.54, 1.807) is 18.9 Å². The summed E-state index contributed by atoms with van der Waals surface area (Å²) >= 11 is 0. The fourth-order valence-electron chi connectivity index (χ4n) is 5.57. The molecule has 3 N–H and O–H groups in total. The molecular formula is C27H38N4O3. The molecule has 1 fully saturated rings. The third kappa shape index (κ3) is 5.04. The zero-order valence-corrected chi connectivity index (χ0v) is 20.6. The molecule has 3 aliphatic rings. The van der Waals surface area contributed by atoms with Crippen LogP contribution in [0.25, 0.3) is 0 Å². The summed E-state index contributed by atoms with van der Waals surface area (Å²) in [6.07, 6.45) is 8.29. The Balaban J connectivity index is 1.50. The van der Waals surface area contributed by atoms with E-state index in [1.807, 2.05) is 12.1 Å². The minimum Gasteiger partial charge on any atom is -0.347 e. The van der Waals surface area contributed by atoms with Gasteiger partial charge in [0.15, 0.2) is 0 Å². The second kappa shape index (κ2) is 10.7. The Morgan fingerprint density at radius 3 is 2.65 bits per heavy atom. The van der Waals surface area contributed by atoms with Gasteiger partial charge in [0, 0.05) is 6.54 Å². The minimum atomic E-state index is -0.705. The topological polar surface area (TPSA) is 90.5 Å². The lowest BCUT2D eigenvalue weighted by Crippen LogP contribution is -2.56. The monoisotopic (exact) mass is 466 g/mol. The van der Waals surface area contributed by atoms with E-state index < -0.39 is 18.1 Å². The van der Waals surface area contributed by atoms with Gasteiger partial charge in [0.05, 0.1) is 12.1 Å². The van der Waals surface area contributed by atoms with Crippen molar-refractivity contribution < 1.29 is 14.4 Å². The van der Waals surface area contributed by atoms with Crippen LogP contribution >= 0.6 is 0 Å². The first-order chi connectivity index (χ1) is 16.4.